The number of hydrogen-bond donors (Lipinski definition) is 3. The number of oxime groups is 1. The van der Waals surface area contributed by atoms with Gasteiger partial charge in [-0.25, -0.2) is 0 Å². The van der Waals surface area contributed by atoms with Gasteiger partial charge >= 0.3 is 0 Å². The molecule has 20 heavy (non-hydrogen) atoms. The molecule has 0 atom stereocenters. The van der Waals surface area contributed by atoms with Crippen molar-refractivity contribution in [3.05, 3.63) is 46.7 Å². The zero-order valence-electron chi connectivity index (χ0n) is 10.5. The Labute approximate surface area is 119 Å². The quantitative estimate of drug-likeness (QED) is 0.344. The highest BCUT2D eigenvalue weighted by molar-refractivity contribution is 6.34. The molecule has 0 fully saturated rings. The highest BCUT2D eigenvalue weighted by Crippen LogP contribution is 2.23. The zero-order chi connectivity index (χ0) is 14.7. The van der Waals surface area contributed by atoms with Crippen LogP contribution >= 0.6 is 11.6 Å². The number of aromatic nitrogens is 2. The number of benzene rings is 1. The molecule has 1 aromatic carbocycles. The number of halogens is 1. The van der Waals surface area contributed by atoms with Crippen LogP contribution < -0.4 is 11.1 Å². The molecule has 1 amide bonds. The van der Waals surface area contributed by atoms with Crippen molar-refractivity contribution in [2.24, 2.45) is 17.9 Å². The molecule has 0 unspecified atom stereocenters. The fourth-order valence-corrected chi connectivity index (χ4v) is 1.78. The van der Waals surface area contributed by atoms with Crippen molar-refractivity contribution in [1.82, 2.24) is 9.78 Å². The first-order valence-corrected chi connectivity index (χ1v) is 5.97. The van der Waals surface area contributed by atoms with Crippen LogP contribution in [0.25, 0.3) is 0 Å². The summed E-state index contributed by atoms with van der Waals surface area (Å²) in [5.41, 5.74) is 6.60. The molecule has 0 saturated carbocycles. The Morgan fingerprint density at radius 1 is 1.50 bits per heavy atom. The van der Waals surface area contributed by atoms with Gasteiger partial charge in [-0.3, -0.25) is 9.48 Å². The lowest BCUT2D eigenvalue weighted by Crippen LogP contribution is -2.15. The van der Waals surface area contributed by atoms with E-state index in [-0.39, 0.29) is 22.5 Å². The molecule has 2 rings (SSSR count). The first kappa shape index (κ1) is 13.9. The van der Waals surface area contributed by atoms with E-state index < -0.39 is 0 Å². The molecular weight excluding hydrogens is 282 g/mol. The monoisotopic (exact) mass is 293 g/mol. The number of rotatable bonds is 3. The summed E-state index contributed by atoms with van der Waals surface area (Å²) < 4.78 is 1.53. The minimum Gasteiger partial charge on any atom is -0.409 e. The lowest BCUT2D eigenvalue weighted by Gasteiger charge is -2.07. The first-order valence-electron chi connectivity index (χ1n) is 5.59. The highest BCUT2D eigenvalue weighted by atomic mass is 35.5. The third-order valence-corrected chi connectivity index (χ3v) is 2.88. The second-order valence-electron chi connectivity index (χ2n) is 4.01. The van der Waals surface area contributed by atoms with Crippen LogP contribution in [0.4, 0.5) is 5.69 Å². The summed E-state index contributed by atoms with van der Waals surface area (Å²) in [4.78, 5) is 11.9. The molecular formula is C12H12ClN5O2. The van der Waals surface area contributed by atoms with Crippen molar-refractivity contribution in [3.8, 4) is 0 Å². The van der Waals surface area contributed by atoms with Crippen LogP contribution in [0.15, 0.2) is 35.6 Å². The van der Waals surface area contributed by atoms with Crippen molar-refractivity contribution < 1.29 is 10.0 Å². The van der Waals surface area contributed by atoms with E-state index in [4.69, 9.17) is 22.5 Å². The minimum atomic E-state index is -0.371. The molecule has 0 aliphatic heterocycles. The number of carbonyl (C=O) groups excluding carboxylic acids is 1. The Morgan fingerprint density at radius 2 is 2.25 bits per heavy atom. The van der Waals surface area contributed by atoms with Crippen LogP contribution in [-0.4, -0.2) is 26.7 Å². The maximum atomic E-state index is 11.9. The number of amides is 1. The van der Waals surface area contributed by atoms with Crippen LogP contribution in [0.5, 0.6) is 0 Å². The van der Waals surface area contributed by atoms with Crippen molar-refractivity contribution in [2.45, 2.75) is 0 Å². The topological polar surface area (TPSA) is 106 Å². The zero-order valence-corrected chi connectivity index (χ0v) is 11.3. The Morgan fingerprint density at radius 3 is 2.80 bits per heavy atom. The van der Waals surface area contributed by atoms with Crippen LogP contribution in [-0.2, 0) is 7.05 Å². The van der Waals surface area contributed by atoms with Crippen molar-refractivity contribution in [1.29, 1.82) is 0 Å². The first-order chi connectivity index (χ1) is 9.51. The van der Waals surface area contributed by atoms with Gasteiger partial charge in [0, 0.05) is 18.8 Å². The van der Waals surface area contributed by atoms with Gasteiger partial charge < -0.3 is 16.3 Å². The van der Waals surface area contributed by atoms with E-state index in [2.05, 4.69) is 15.6 Å². The van der Waals surface area contributed by atoms with E-state index in [0.29, 0.717) is 11.3 Å². The normalized spacial score (nSPS) is 11.4. The van der Waals surface area contributed by atoms with Crippen LogP contribution in [0, 0.1) is 0 Å². The Hall–Kier alpha value is -2.54. The van der Waals surface area contributed by atoms with Gasteiger partial charge in [0.2, 0.25) is 0 Å². The highest BCUT2D eigenvalue weighted by Gasteiger charge is 2.12. The standard InChI is InChI=1S/C12H12ClN5O2/c1-18-5-4-10(16-18)12(19)15-9-3-2-7(6-8(9)13)11(14)17-20/h2-6,20H,1H3,(H2,14,17)(H,15,19). The summed E-state index contributed by atoms with van der Waals surface area (Å²) in [5.74, 6) is -0.432. The molecule has 8 heteroatoms. The molecule has 0 aliphatic rings. The predicted molar refractivity (Wildman–Crippen MR) is 75.1 cm³/mol. The van der Waals surface area contributed by atoms with Crippen LogP contribution in [0.1, 0.15) is 16.1 Å². The number of anilines is 1. The molecule has 104 valence electrons. The lowest BCUT2D eigenvalue weighted by molar-refractivity contribution is 0.102. The molecule has 4 N–H and O–H groups in total. The number of nitrogens with two attached hydrogens (primary N) is 1. The molecule has 1 aromatic heterocycles. The molecule has 0 aliphatic carbocycles. The van der Waals surface area contributed by atoms with Gasteiger partial charge in [-0.05, 0) is 24.3 Å². The molecule has 0 spiro atoms. The number of aryl methyl sites for hydroxylation is 1. The third-order valence-electron chi connectivity index (χ3n) is 2.57. The predicted octanol–water partition coefficient (Wildman–Crippen LogP) is 1.42. The van der Waals surface area contributed by atoms with Crippen molar-refractivity contribution in [3.63, 3.8) is 0 Å². The number of hydrogen-bond acceptors (Lipinski definition) is 4. The van der Waals surface area contributed by atoms with Gasteiger partial charge in [-0.15, -0.1) is 0 Å². The van der Waals surface area contributed by atoms with Gasteiger partial charge in [0.15, 0.2) is 11.5 Å². The van der Waals surface area contributed by atoms with E-state index in [1.807, 2.05) is 0 Å². The summed E-state index contributed by atoms with van der Waals surface area (Å²) >= 11 is 6.03. The molecule has 0 bridgehead atoms. The number of carbonyl (C=O) groups is 1. The smallest absolute Gasteiger partial charge is 0.276 e. The van der Waals surface area contributed by atoms with E-state index >= 15 is 0 Å². The minimum absolute atomic E-state index is 0.0606. The van der Waals surface area contributed by atoms with Crippen LogP contribution in [0.2, 0.25) is 5.02 Å². The second-order valence-corrected chi connectivity index (χ2v) is 4.42. The molecule has 0 saturated heterocycles. The SMILES string of the molecule is Cn1ccc(C(=O)Nc2ccc(/C(N)=N/O)cc2Cl)n1. The number of nitrogens with zero attached hydrogens (tertiary/aromatic N) is 3. The average molecular weight is 294 g/mol. The molecule has 7 nitrogen and oxygen atoms in total. The van der Waals surface area contributed by atoms with Gasteiger partial charge in [0.05, 0.1) is 10.7 Å². The maximum absolute atomic E-state index is 11.9. The largest absolute Gasteiger partial charge is 0.409 e. The second kappa shape index (κ2) is 5.62. The van der Waals surface area contributed by atoms with Crippen molar-refractivity contribution >= 4 is 29.0 Å². The molecule has 1 heterocycles. The summed E-state index contributed by atoms with van der Waals surface area (Å²) in [7, 11) is 1.72. The van der Waals surface area contributed by atoms with E-state index in [0.717, 1.165) is 0 Å². The average Bonchev–Trinajstić information content (AvgIpc) is 2.86. The lowest BCUT2D eigenvalue weighted by atomic mass is 10.2. The van der Waals surface area contributed by atoms with Crippen LogP contribution in [0.3, 0.4) is 0 Å². The van der Waals surface area contributed by atoms with Gasteiger partial charge in [-0.1, -0.05) is 16.8 Å². The van der Waals surface area contributed by atoms with Gasteiger partial charge in [0.1, 0.15) is 0 Å². The number of amidine groups is 1. The summed E-state index contributed by atoms with van der Waals surface area (Å²) in [6.45, 7) is 0. The third kappa shape index (κ3) is 2.89. The number of nitrogens with one attached hydrogen (secondary N) is 1. The van der Waals surface area contributed by atoms with Gasteiger partial charge in [-0.2, -0.15) is 5.10 Å². The van der Waals surface area contributed by atoms with E-state index in [1.54, 1.807) is 31.4 Å². The van der Waals surface area contributed by atoms with E-state index in [9.17, 15) is 4.79 Å². The fraction of sp³-hybridized carbons (Fsp3) is 0.0833. The summed E-state index contributed by atoms with van der Waals surface area (Å²) in [6.07, 6.45) is 1.66. The Balaban J connectivity index is 2.20. The summed E-state index contributed by atoms with van der Waals surface area (Å²) in [6, 6.07) is 6.23. The van der Waals surface area contributed by atoms with Crippen molar-refractivity contribution in [2.75, 3.05) is 5.32 Å². The molecule has 2 aromatic rings. The Bertz CT molecular complexity index is 680. The maximum Gasteiger partial charge on any atom is 0.276 e. The Kier molecular flexibility index (Phi) is 3.90. The van der Waals surface area contributed by atoms with Gasteiger partial charge in [0.25, 0.3) is 5.91 Å². The summed E-state index contributed by atoms with van der Waals surface area (Å²) in [5, 5.41) is 18.4. The fourth-order valence-electron chi connectivity index (χ4n) is 1.56. The van der Waals surface area contributed by atoms with E-state index in [1.165, 1.54) is 10.7 Å². The molecule has 0 radical (unpaired) electrons.